The number of anilines is 2. The number of ether oxygens (including phenoxy) is 1. The van der Waals surface area contributed by atoms with E-state index in [1.165, 1.54) is 6.07 Å². The number of aryl methyl sites for hydroxylation is 1. The molecule has 6 heteroatoms. The zero-order valence-corrected chi connectivity index (χ0v) is 14.0. The molecule has 1 saturated heterocycles. The van der Waals surface area contributed by atoms with Gasteiger partial charge in [-0.3, -0.25) is 4.79 Å². The number of nitrogens with zero attached hydrogens (tertiary/aromatic N) is 1. The molecule has 5 nitrogen and oxygen atoms in total. The average Bonchev–Trinajstić information content (AvgIpc) is 2.63. The fraction of sp³-hybridized carbons (Fsp3) is 0.316. The fourth-order valence-corrected chi connectivity index (χ4v) is 3.37. The first-order valence-electron chi connectivity index (χ1n) is 8.42. The van der Waals surface area contributed by atoms with Crippen LogP contribution in [-0.2, 0) is 4.74 Å². The molecule has 0 aromatic heterocycles. The second-order valence-corrected chi connectivity index (χ2v) is 6.36. The Hall–Kier alpha value is -2.60. The largest absolute Gasteiger partial charge is 0.378 e. The van der Waals surface area contributed by atoms with Crippen molar-refractivity contribution in [2.24, 2.45) is 0 Å². The van der Waals surface area contributed by atoms with E-state index in [0.717, 1.165) is 11.3 Å². The van der Waals surface area contributed by atoms with Crippen LogP contribution in [0, 0.1) is 12.7 Å². The van der Waals surface area contributed by atoms with Crippen molar-refractivity contribution in [1.82, 2.24) is 5.32 Å². The first-order chi connectivity index (χ1) is 12.1. The van der Waals surface area contributed by atoms with E-state index in [0.29, 0.717) is 43.1 Å². The predicted molar refractivity (Wildman–Crippen MR) is 94.4 cm³/mol. The molecule has 0 spiro atoms. The summed E-state index contributed by atoms with van der Waals surface area (Å²) in [5.74, 6) is -0.439. The van der Waals surface area contributed by atoms with Crippen molar-refractivity contribution in [3.63, 3.8) is 0 Å². The minimum absolute atomic E-state index is 0.153. The first-order valence-corrected chi connectivity index (χ1v) is 8.42. The molecule has 1 atom stereocenters. The summed E-state index contributed by atoms with van der Waals surface area (Å²) in [6.45, 7) is 4.53. The van der Waals surface area contributed by atoms with Gasteiger partial charge in [0.05, 0.1) is 30.2 Å². The quantitative estimate of drug-likeness (QED) is 0.882. The maximum Gasteiger partial charge on any atom is 0.255 e. The molecule has 0 aliphatic carbocycles. The van der Waals surface area contributed by atoms with Gasteiger partial charge in [0, 0.05) is 13.1 Å². The SMILES string of the molecule is Cc1cccc2c1NC(c1ccc(N3CCOCC3)c(F)c1)NC2=O. The van der Waals surface area contributed by atoms with Crippen LogP contribution < -0.4 is 15.5 Å². The Labute approximate surface area is 145 Å². The van der Waals surface area contributed by atoms with Crippen LogP contribution in [0.1, 0.15) is 27.7 Å². The van der Waals surface area contributed by atoms with Crippen LogP contribution in [0.3, 0.4) is 0 Å². The zero-order valence-electron chi connectivity index (χ0n) is 14.0. The number of amides is 1. The topological polar surface area (TPSA) is 53.6 Å². The number of nitrogens with one attached hydrogen (secondary N) is 2. The number of hydrogen-bond acceptors (Lipinski definition) is 4. The number of morpholine rings is 1. The molecule has 2 aromatic carbocycles. The summed E-state index contributed by atoms with van der Waals surface area (Å²) in [7, 11) is 0. The highest BCUT2D eigenvalue weighted by Gasteiger charge is 2.26. The summed E-state index contributed by atoms with van der Waals surface area (Å²) in [6.07, 6.45) is -0.450. The molecular weight excluding hydrogens is 321 g/mol. The molecule has 0 bridgehead atoms. The summed E-state index contributed by atoms with van der Waals surface area (Å²) >= 11 is 0. The molecule has 130 valence electrons. The molecule has 0 saturated carbocycles. The summed E-state index contributed by atoms with van der Waals surface area (Å²) in [4.78, 5) is 14.3. The number of rotatable bonds is 2. The van der Waals surface area contributed by atoms with Gasteiger partial charge in [-0.15, -0.1) is 0 Å². The van der Waals surface area contributed by atoms with Crippen LogP contribution in [0.2, 0.25) is 0 Å². The minimum atomic E-state index is -0.450. The number of carbonyl (C=O) groups excluding carboxylic acids is 1. The van der Waals surface area contributed by atoms with Gasteiger partial charge >= 0.3 is 0 Å². The number of fused-ring (bicyclic) bond motifs is 1. The molecular formula is C19H20FN3O2. The van der Waals surface area contributed by atoms with E-state index in [2.05, 4.69) is 10.6 Å². The lowest BCUT2D eigenvalue weighted by atomic mass is 10.0. The smallest absolute Gasteiger partial charge is 0.255 e. The average molecular weight is 341 g/mol. The number of carbonyl (C=O) groups is 1. The maximum atomic E-state index is 14.6. The second-order valence-electron chi connectivity index (χ2n) is 6.36. The Morgan fingerprint density at radius 3 is 2.72 bits per heavy atom. The lowest BCUT2D eigenvalue weighted by Crippen LogP contribution is -2.39. The van der Waals surface area contributed by atoms with Gasteiger partial charge < -0.3 is 20.3 Å². The van der Waals surface area contributed by atoms with Gasteiger partial charge in [-0.1, -0.05) is 18.2 Å². The summed E-state index contributed by atoms with van der Waals surface area (Å²) < 4.78 is 20.0. The van der Waals surface area contributed by atoms with Crippen molar-refractivity contribution < 1.29 is 13.9 Å². The summed E-state index contributed by atoms with van der Waals surface area (Å²) in [5, 5.41) is 6.20. The number of benzene rings is 2. The highest BCUT2D eigenvalue weighted by molar-refractivity contribution is 6.02. The van der Waals surface area contributed by atoms with Gasteiger partial charge in [-0.05, 0) is 36.2 Å². The van der Waals surface area contributed by atoms with E-state index in [1.54, 1.807) is 12.1 Å². The molecule has 2 heterocycles. The molecule has 1 unspecified atom stereocenters. The van der Waals surface area contributed by atoms with Crippen LogP contribution >= 0.6 is 0 Å². The van der Waals surface area contributed by atoms with E-state index >= 15 is 0 Å². The maximum absolute atomic E-state index is 14.6. The summed E-state index contributed by atoms with van der Waals surface area (Å²) in [5.41, 5.74) is 3.67. The molecule has 4 rings (SSSR count). The van der Waals surface area contributed by atoms with E-state index in [9.17, 15) is 9.18 Å². The normalized spacial score (nSPS) is 19.8. The molecule has 2 aromatic rings. The lowest BCUT2D eigenvalue weighted by molar-refractivity contribution is 0.0935. The zero-order chi connectivity index (χ0) is 17.4. The van der Waals surface area contributed by atoms with Crippen molar-refractivity contribution in [3.8, 4) is 0 Å². The number of halogens is 1. The van der Waals surface area contributed by atoms with Crippen molar-refractivity contribution >= 4 is 17.3 Å². The number of hydrogen-bond donors (Lipinski definition) is 2. The van der Waals surface area contributed by atoms with Crippen LogP contribution in [0.15, 0.2) is 36.4 Å². The third kappa shape index (κ3) is 2.93. The monoisotopic (exact) mass is 341 g/mol. The highest BCUT2D eigenvalue weighted by Crippen LogP contribution is 2.31. The minimum Gasteiger partial charge on any atom is -0.378 e. The Kier molecular flexibility index (Phi) is 4.05. The number of para-hydroxylation sites is 1. The fourth-order valence-electron chi connectivity index (χ4n) is 3.37. The molecule has 2 N–H and O–H groups in total. The third-order valence-electron chi connectivity index (χ3n) is 4.74. The van der Waals surface area contributed by atoms with E-state index in [1.807, 2.05) is 30.0 Å². The van der Waals surface area contributed by atoms with Crippen LogP contribution in [-0.4, -0.2) is 32.2 Å². The Morgan fingerprint density at radius 2 is 1.96 bits per heavy atom. The van der Waals surface area contributed by atoms with Crippen molar-refractivity contribution in [1.29, 1.82) is 0 Å². The Morgan fingerprint density at radius 1 is 1.16 bits per heavy atom. The molecule has 1 fully saturated rings. The van der Waals surface area contributed by atoms with Crippen LogP contribution in [0.4, 0.5) is 15.8 Å². The van der Waals surface area contributed by atoms with Gasteiger partial charge in [0.1, 0.15) is 12.0 Å². The van der Waals surface area contributed by atoms with Gasteiger partial charge in [-0.25, -0.2) is 4.39 Å². The van der Waals surface area contributed by atoms with E-state index in [4.69, 9.17) is 4.74 Å². The van der Waals surface area contributed by atoms with E-state index < -0.39 is 6.17 Å². The molecule has 1 amide bonds. The van der Waals surface area contributed by atoms with Crippen molar-refractivity contribution in [2.75, 3.05) is 36.5 Å². The van der Waals surface area contributed by atoms with Crippen LogP contribution in [0.25, 0.3) is 0 Å². The van der Waals surface area contributed by atoms with E-state index in [-0.39, 0.29) is 11.7 Å². The predicted octanol–water partition coefficient (Wildman–Crippen LogP) is 2.82. The van der Waals surface area contributed by atoms with Crippen LogP contribution in [0.5, 0.6) is 0 Å². The molecule has 2 aliphatic heterocycles. The van der Waals surface area contributed by atoms with Crippen molar-refractivity contribution in [2.45, 2.75) is 13.1 Å². The first kappa shape index (κ1) is 15.9. The van der Waals surface area contributed by atoms with Gasteiger partial charge in [0.15, 0.2) is 0 Å². The second kappa shape index (κ2) is 6.37. The van der Waals surface area contributed by atoms with Gasteiger partial charge in [0.2, 0.25) is 0 Å². The molecule has 25 heavy (non-hydrogen) atoms. The standard InChI is InChI=1S/C19H20FN3O2/c1-12-3-2-4-14-17(12)21-18(22-19(14)24)13-5-6-16(15(20)11-13)23-7-9-25-10-8-23/h2-6,11,18,21H,7-10H2,1H3,(H,22,24). The van der Waals surface area contributed by atoms with Crippen molar-refractivity contribution in [3.05, 3.63) is 58.9 Å². The highest BCUT2D eigenvalue weighted by atomic mass is 19.1. The molecule has 0 radical (unpaired) electrons. The van der Waals surface area contributed by atoms with Gasteiger partial charge in [0.25, 0.3) is 5.91 Å². The van der Waals surface area contributed by atoms with Gasteiger partial charge in [-0.2, -0.15) is 0 Å². The lowest BCUT2D eigenvalue weighted by Gasteiger charge is -2.31. The Balaban J connectivity index is 1.61. The molecule has 2 aliphatic rings. The Bertz CT molecular complexity index is 818. The third-order valence-corrected chi connectivity index (χ3v) is 4.74. The summed E-state index contributed by atoms with van der Waals surface area (Å²) in [6, 6.07) is 10.7.